The quantitative estimate of drug-likeness (QED) is 0.0408. The molecular formula is C45H82N6O14. The molecule has 65 heavy (non-hydrogen) atoms. The Bertz CT molecular complexity index is 1310. The minimum Gasteiger partial charge on any atom is -0.481 e. The monoisotopic (exact) mass is 931 g/mol. The van der Waals surface area contributed by atoms with Gasteiger partial charge in [-0.15, -0.1) is 0 Å². The number of carbonyl (C=O) groups excluding carboxylic acids is 6. The van der Waals surface area contributed by atoms with Crippen LogP contribution in [0, 0.1) is 0 Å². The van der Waals surface area contributed by atoms with Crippen LogP contribution in [0.2, 0.25) is 0 Å². The van der Waals surface area contributed by atoms with Crippen LogP contribution in [0.25, 0.3) is 0 Å². The average molecular weight is 931 g/mol. The largest absolute Gasteiger partial charge is 0.481 e. The minimum atomic E-state index is -1.28. The number of aliphatic carboxylic acids is 2. The number of carboxylic acids is 2. The number of hydrogen-bond donors (Lipinski definition) is 8. The normalized spacial score (nSPS) is 11.3. The highest BCUT2D eigenvalue weighted by Gasteiger charge is 2.21. The molecule has 0 aromatic heterocycles. The third-order valence-corrected chi connectivity index (χ3v) is 9.84. The van der Waals surface area contributed by atoms with Gasteiger partial charge in [0.2, 0.25) is 35.4 Å². The molecule has 1 atom stereocenters. The standard InChI is InChI=1S/C45H82N6O14/c1-2-3-24-46-39(53)19-16-26-48-41(55)23-22-37(45(60)61)51-43(57)36-65-34-32-63-30-28-50-42(56)35-64-33-31-62-29-27-49-40(54)20-17-25-47-38(52)18-14-12-10-8-6-4-5-7-9-11-13-15-21-44(58)59/h37H,2-36H2,1H3,(H,46,53)(H,47,52)(H,48,55)(H,49,54)(H,50,56)(H,51,57)(H,58,59)(H,60,61). The summed E-state index contributed by atoms with van der Waals surface area (Å²) in [4.78, 5) is 94.0. The Morgan fingerprint density at radius 3 is 1.22 bits per heavy atom. The highest BCUT2D eigenvalue weighted by Crippen LogP contribution is 2.13. The maximum Gasteiger partial charge on any atom is 0.326 e. The van der Waals surface area contributed by atoms with Crippen LogP contribution in [0.4, 0.5) is 0 Å². The zero-order chi connectivity index (χ0) is 48.0. The fraction of sp³-hybridized carbons (Fsp3) is 0.822. The Morgan fingerprint density at radius 2 is 0.754 bits per heavy atom. The van der Waals surface area contributed by atoms with Crippen LogP contribution in [0.15, 0.2) is 0 Å². The van der Waals surface area contributed by atoms with Crippen LogP contribution in [-0.2, 0) is 57.3 Å². The van der Waals surface area contributed by atoms with Crippen molar-refractivity contribution in [3.05, 3.63) is 0 Å². The lowest BCUT2D eigenvalue weighted by atomic mass is 10.0. The Labute approximate surface area is 385 Å². The van der Waals surface area contributed by atoms with E-state index in [-0.39, 0.29) is 115 Å². The first-order valence-electron chi connectivity index (χ1n) is 23.8. The average Bonchev–Trinajstić information content (AvgIpc) is 3.27. The molecule has 0 aliphatic heterocycles. The first-order valence-corrected chi connectivity index (χ1v) is 23.8. The topological polar surface area (TPSA) is 286 Å². The second-order valence-corrected chi connectivity index (χ2v) is 15.8. The molecule has 0 aromatic carbocycles. The van der Waals surface area contributed by atoms with Crippen LogP contribution >= 0.6 is 0 Å². The van der Waals surface area contributed by atoms with Crippen molar-refractivity contribution in [1.29, 1.82) is 0 Å². The first kappa shape index (κ1) is 60.6. The highest BCUT2D eigenvalue weighted by atomic mass is 16.5. The Kier molecular flexibility index (Phi) is 41.8. The van der Waals surface area contributed by atoms with Crippen LogP contribution in [-0.4, -0.2) is 149 Å². The van der Waals surface area contributed by atoms with Gasteiger partial charge in [0, 0.05) is 64.8 Å². The molecule has 0 aliphatic carbocycles. The zero-order valence-corrected chi connectivity index (χ0v) is 39.1. The smallest absolute Gasteiger partial charge is 0.326 e. The van der Waals surface area contributed by atoms with E-state index < -0.39 is 30.5 Å². The Hall–Kier alpha value is -4.40. The van der Waals surface area contributed by atoms with E-state index in [1.165, 1.54) is 38.5 Å². The minimum absolute atomic E-state index is 0.0136. The van der Waals surface area contributed by atoms with E-state index in [0.717, 1.165) is 51.4 Å². The predicted octanol–water partition coefficient (Wildman–Crippen LogP) is 2.89. The van der Waals surface area contributed by atoms with Crippen molar-refractivity contribution >= 4 is 47.4 Å². The molecule has 0 radical (unpaired) electrons. The van der Waals surface area contributed by atoms with Crippen molar-refractivity contribution in [2.24, 2.45) is 0 Å². The van der Waals surface area contributed by atoms with E-state index in [0.29, 0.717) is 45.3 Å². The van der Waals surface area contributed by atoms with Gasteiger partial charge in [0.15, 0.2) is 0 Å². The fourth-order valence-corrected chi connectivity index (χ4v) is 6.16. The molecule has 0 bridgehead atoms. The SMILES string of the molecule is CCCCNC(=O)CCCNC(=O)CCC(NC(=O)COCCOCCNC(=O)COCCOCCNC(=O)CCCNC(=O)CCCCCCCCCCCCCCC(=O)O)C(=O)O. The number of unbranched alkanes of at least 4 members (excludes halogenated alkanes) is 12. The second-order valence-electron chi connectivity index (χ2n) is 15.8. The Balaban J connectivity index is 3.61. The van der Waals surface area contributed by atoms with Crippen LogP contribution < -0.4 is 31.9 Å². The van der Waals surface area contributed by atoms with E-state index in [1.54, 1.807) is 0 Å². The van der Waals surface area contributed by atoms with Gasteiger partial charge < -0.3 is 61.1 Å². The van der Waals surface area contributed by atoms with Crippen LogP contribution in [0.1, 0.15) is 148 Å². The molecule has 0 saturated heterocycles. The molecule has 0 aromatic rings. The summed E-state index contributed by atoms with van der Waals surface area (Å²) in [5.74, 6) is -3.56. The summed E-state index contributed by atoms with van der Waals surface area (Å²) in [6.07, 6.45) is 17.2. The van der Waals surface area contributed by atoms with Crippen molar-refractivity contribution in [3.8, 4) is 0 Å². The number of carboxylic acid groups (broad SMARTS) is 2. The van der Waals surface area contributed by atoms with Gasteiger partial charge in [-0.1, -0.05) is 77.6 Å². The third kappa shape index (κ3) is 44.6. The predicted molar refractivity (Wildman–Crippen MR) is 243 cm³/mol. The molecule has 0 rings (SSSR count). The van der Waals surface area contributed by atoms with Gasteiger partial charge in [-0.2, -0.15) is 0 Å². The molecule has 6 amide bonds. The van der Waals surface area contributed by atoms with Crippen molar-refractivity contribution in [1.82, 2.24) is 31.9 Å². The number of carbonyl (C=O) groups is 8. The molecule has 0 aliphatic rings. The summed E-state index contributed by atoms with van der Waals surface area (Å²) in [5, 5.41) is 34.1. The molecule has 0 spiro atoms. The first-order chi connectivity index (χ1) is 31.4. The van der Waals surface area contributed by atoms with Gasteiger partial charge in [0.25, 0.3) is 0 Å². The zero-order valence-electron chi connectivity index (χ0n) is 39.1. The second kappa shape index (κ2) is 44.8. The van der Waals surface area contributed by atoms with Gasteiger partial charge in [-0.05, 0) is 38.5 Å². The maximum absolute atomic E-state index is 12.1. The highest BCUT2D eigenvalue weighted by molar-refractivity contribution is 5.85. The van der Waals surface area contributed by atoms with Crippen molar-refractivity contribution in [2.75, 3.05) is 85.6 Å². The number of rotatable bonds is 47. The number of amides is 6. The summed E-state index contributed by atoms with van der Waals surface area (Å²) in [7, 11) is 0. The van der Waals surface area contributed by atoms with Gasteiger partial charge in [-0.25, -0.2) is 4.79 Å². The van der Waals surface area contributed by atoms with Crippen molar-refractivity contribution < 1.29 is 67.5 Å². The van der Waals surface area contributed by atoms with Crippen molar-refractivity contribution in [3.63, 3.8) is 0 Å². The molecule has 20 heteroatoms. The molecule has 8 N–H and O–H groups in total. The summed E-state index contributed by atoms with van der Waals surface area (Å²) < 4.78 is 21.3. The van der Waals surface area contributed by atoms with Gasteiger partial charge in [-0.3, -0.25) is 33.6 Å². The molecule has 20 nitrogen and oxygen atoms in total. The van der Waals surface area contributed by atoms with Gasteiger partial charge >= 0.3 is 11.9 Å². The molecular weight excluding hydrogens is 849 g/mol. The summed E-state index contributed by atoms with van der Waals surface area (Å²) in [6, 6.07) is -1.27. The maximum atomic E-state index is 12.1. The van der Waals surface area contributed by atoms with E-state index in [4.69, 9.17) is 24.1 Å². The Morgan fingerprint density at radius 1 is 0.385 bits per heavy atom. The number of nitrogens with one attached hydrogen (secondary N) is 6. The van der Waals surface area contributed by atoms with E-state index in [1.807, 2.05) is 6.92 Å². The van der Waals surface area contributed by atoms with Gasteiger partial charge in [0.05, 0.1) is 39.6 Å². The van der Waals surface area contributed by atoms with E-state index >= 15 is 0 Å². The van der Waals surface area contributed by atoms with Crippen molar-refractivity contribution in [2.45, 2.75) is 154 Å². The van der Waals surface area contributed by atoms with E-state index in [9.17, 15) is 43.5 Å². The third-order valence-electron chi connectivity index (χ3n) is 9.84. The summed E-state index contributed by atoms with van der Waals surface area (Å²) >= 11 is 0. The number of ether oxygens (including phenoxy) is 4. The molecule has 1 unspecified atom stereocenters. The summed E-state index contributed by atoms with van der Waals surface area (Å²) in [6.45, 7) is 4.45. The van der Waals surface area contributed by atoms with Crippen LogP contribution in [0.3, 0.4) is 0 Å². The van der Waals surface area contributed by atoms with Crippen LogP contribution in [0.5, 0.6) is 0 Å². The molecule has 0 fully saturated rings. The molecule has 0 saturated carbocycles. The lowest BCUT2D eigenvalue weighted by Crippen LogP contribution is -2.43. The number of hydrogen-bond acceptors (Lipinski definition) is 12. The lowest BCUT2D eigenvalue weighted by Gasteiger charge is -2.14. The molecule has 0 heterocycles. The lowest BCUT2D eigenvalue weighted by molar-refractivity contribution is -0.143. The fourth-order valence-electron chi connectivity index (χ4n) is 6.16. The summed E-state index contributed by atoms with van der Waals surface area (Å²) in [5.41, 5.74) is 0. The van der Waals surface area contributed by atoms with E-state index in [2.05, 4.69) is 31.9 Å². The molecule has 376 valence electrons. The van der Waals surface area contributed by atoms with Gasteiger partial charge in [0.1, 0.15) is 19.3 Å².